The zero-order valence-corrected chi connectivity index (χ0v) is 17.4. The molecule has 2 aliphatic heterocycles. The molecular weight excluding hydrogens is 556 g/mol. The molecule has 4 heterocycles. The van der Waals surface area contributed by atoms with Crippen molar-refractivity contribution >= 4 is 42.1 Å². The van der Waals surface area contributed by atoms with Crippen molar-refractivity contribution in [2.45, 2.75) is 13.6 Å². The SMILES string of the molecule is [B]C1(C(C)([I-]C)C(=O)OCC(=O)Oc2c3c4oc2cc4C(=O)O3)[B][I-]1. The third-order valence-corrected chi connectivity index (χ3v) is 11.7. The number of benzene rings is 1. The third-order valence-electron chi connectivity index (χ3n) is 4.15. The van der Waals surface area contributed by atoms with E-state index in [1.165, 1.54) is 6.07 Å². The Kier molecular flexibility index (Phi) is 4.02. The Labute approximate surface area is 164 Å². The number of carbonyl (C=O) groups is 3. The van der Waals surface area contributed by atoms with Gasteiger partial charge in [-0.15, -0.1) is 0 Å². The van der Waals surface area contributed by atoms with Crippen molar-refractivity contribution in [3.63, 3.8) is 0 Å². The number of fused-ring (bicyclic) bond motifs is 1. The first-order chi connectivity index (χ1) is 11.8. The molecule has 0 aliphatic carbocycles. The maximum atomic E-state index is 12.4. The van der Waals surface area contributed by atoms with E-state index in [0.717, 1.165) is 0 Å². The van der Waals surface area contributed by atoms with E-state index in [1.807, 2.05) is 10.1 Å². The van der Waals surface area contributed by atoms with E-state index in [1.54, 1.807) is 6.92 Å². The molecular formula is C14H9B2I2O7-2. The van der Waals surface area contributed by atoms with E-state index in [0.29, 0.717) is 5.56 Å². The zero-order chi connectivity index (χ0) is 18.0. The molecule has 0 N–H and O–H groups in total. The standard InChI is InChI=1S/C14H9B2I2O7/c1-13(17-2,14(15)16-18-14)12(21)22-4-7(19)24-9-6-3-5-8(23-6)10(9)25-11(5)20/h3H,4H2,1-2H3/q-2. The van der Waals surface area contributed by atoms with Gasteiger partial charge in [-0.1, -0.05) is 0 Å². The van der Waals surface area contributed by atoms with Gasteiger partial charge in [-0.05, 0) is 0 Å². The van der Waals surface area contributed by atoms with Crippen molar-refractivity contribution in [2.24, 2.45) is 0 Å². The zero-order valence-electron chi connectivity index (χ0n) is 13.1. The average molecular weight is 565 g/mol. The van der Waals surface area contributed by atoms with Crippen LogP contribution in [0.5, 0.6) is 11.5 Å². The molecule has 4 rings (SSSR count). The summed E-state index contributed by atoms with van der Waals surface area (Å²) in [4.78, 5) is 37.9. The van der Waals surface area contributed by atoms with Gasteiger partial charge in [0.25, 0.3) is 0 Å². The van der Waals surface area contributed by atoms with Gasteiger partial charge in [-0.25, -0.2) is 0 Å². The molecule has 1 fully saturated rings. The van der Waals surface area contributed by atoms with Crippen LogP contribution in [0.4, 0.5) is 0 Å². The van der Waals surface area contributed by atoms with Crippen LogP contribution in [0, 0.1) is 0 Å². The van der Waals surface area contributed by atoms with Gasteiger partial charge in [-0.3, -0.25) is 0 Å². The summed E-state index contributed by atoms with van der Waals surface area (Å²) in [6.07, 6.45) is 0. The molecule has 2 unspecified atom stereocenters. The minimum absolute atomic E-state index is 0.0352. The number of esters is 3. The molecule has 11 heteroatoms. The molecule has 7 nitrogen and oxygen atoms in total. The van der Waals surface area contributed by atoms with Crippen molar-refractivity contribution in [3.8, 4) is 11.5 Å². The van der Waals surface area contributed by atoms with E-state index in [-0.39, 0.29) is 43.7 Å². The van der Waals surface area contributed by atoms with Crippen LogP contribution in [0.2, 0.25) is 0 Å². The van der Waals surface area contributed by atoms with Crippen molar-refractivity contribution in [1.29, 1.82) is 0 Å². The number of furan rings is 2. The molecule has 2 aromatic rings. The Morgan fingerprint density at radius 3 is 2.88 bits per heavy atom. The Balaban J connectivity index is 1.40. The van der Waals surface area contributed by atoms with Gasteiger partial charge in [0.15, 0.2) is 0 Å². The molecule has 2 atom stereocenters. The normalized spacial score (nSPS) is 23.5. The molecule has 2 aromatic heterocycles. The van der Waals surface area contributed by atoms with E-state index >= 15 is 0 Å². The predicted octanol–water partition coefficient (Wildman–Crippen LogP) is -6.13. The van der Waals surface area contributed by atoms with Gasteiger partial charge in [0, 0.05) is 0 Å². The van der Waals surface area contributed by atoms with E-state index in [4.69, 9.17) is 26.5 Å². The third kappa shape index (κ3) is 2.56. The quantitative estimate of drug-likeness (QED) is 0.113. The van der Waals surface area contributed by atoms with Crippen LogP contribution in [0.1, 0.15) is 17.3 Å². The maximum absolute atomic E-state index is 12.4. The molecule has 25 heavy (non-hydrogen) atoms. The number of alkyl halides is 3. The van der Waals surface area contributed by atoms with Crippen LogP contribution in [0.15, 0.2) is 10.5 Å². The van der Waals surface area contributed by atoms with Crippen molar-refractivity contribution in [2.75, 3.05) is 11.5 Å². The molecule has 0 saturated carbocycles. The molecule has 0 aromatic carbocycles. The van der Waals surface area contributed by atoms with Crippen molar-refractivity contribution in [1.82, 2.24) is 0 Å². The van der Waals surface area contributed by atoms with Crippen LogP contribution in [0.25, 0.3) is 11.2 Å². The second-order valence-electron chi connectivity index (χ2n) is 5.63. The van der Waals surface area contributed by atoms with Crippen LogP contribution >= 0.6 is 0 Å². The monoisotopic (exact) mass is 565 g/mol. The summed E-state index contributed by atoms with van der Waals surface area (Å²) in [6.45, 7) is 1.25. The summed E-state index contributed by atoms with van der Waals surface area (Å²) in [5.41, 5.74) is 0.825. The number of rotatable bonds is 6. The van der Waals surface area contributed by atoms with Gasteiger partial charge < -0.3 is 0 Å². The van der Waals surface area contributed by atoms with Crippen LogP contribution in [-0.4, -0.2) is 49.1 Å². The summed E-state index contributed by atoms with van der Waals surface area (Å²) in [5, 5.41) is 1.99. The fourth-order valence-electron chi connectivity index (χ4n) is 2.42. The summed E-state index contributed by atoms with van der Waals surface area (Å²) in [5.74, 6) is -1.67. The van der Waals surface area contributed by atoms with Crippen LogP contribution in [-0.2, 0) is 14.3 Å². The van der Waals surface area contributed by atoms with Crippen molar-refractivity contribution < 1.29 is 75.2 Å². The van der Waals surface area contributed by atoms with Gasteiger partial charge >= 0.3 is 165 Å². The first kappa shape index (κ1) is 17.4. The Morgan fingerprint density at radius 1 is 1.52 bits per heavy atom. The molecule has 1 saturated heterocycles. The predicted molar refractivity (Wildman–Crippen MR) is 77.5 cm³/mol. The first-order valence-electron chi connectivity index (χ1n) is 7.06. The fourth-order valence-corrected chi connectivity index (χ4v) is 8.52. The molecule has 129 valence electrons. The van der Waals surface area contributed by atoms with Gasteiger partial charge in [0.2, 0.25) is 0 Å². The Hall–Kier alpha value is -0.980. The summed E-state index contributed by atoms with van der Waals surface area (Å²) in [7, 11) is 6.19. The van der Waals surface area contributed by atoms with Gasteiger partial charge in [-0.2, -0.15) is 0 Å². The average Bonchev–Trinajstić information content (AvgIpc) is 2.99. The topological polar surface area (TPSA) is 92.0 Å². The van der Waals surface area contributed by atoms with E-state index < -0.39 is 52.4 Å². The second kappa shape index (κ2) is 5.76. The van der Waals surface area contributed by atoms with E-state index in [2.05, 4.69) is 0 Å². The fraction of sp³-hybridized carbons (Fsp3) is 0.357. The molecule has 0 spiro atoms. The molecule has 2 bridgehead atoms. The number of ether oxygens (including phenoxy) is 3. The Bertz CT molecular complexity index is 906. The van der Waals surface area contributed by atoms with Crippen molar-refractivity contribution in [3.05, 3.63) is 11.6 Å². The van der Waals surface area contributed by atoms with Crippen LogP contribution < -0.4 is 51.7 Å². The first-order valence-corrected chi connectivity index (χ1v) is 12.6. The summed E-state index contributed by atoms with van der Waals surface area (Å²) >= 11 is -0.839. The molecule has 3 radical (unpaired) electrons. The Morgan fingerprint density at radius 2 is 2.24 bits per heavy atom. The molecule has 0 amide bonds. The number of hydrogen-bond acceptors (Lipinski definition) is 7. The second-order valence-corrected chi connectivity index (χ2v) is 11.9. The van der Waals surface area contributed by atoms with Gasteiger partial charge in [0.1, 0.15) is 0 Å². The van der Waals surface area contributed by atoms with E-state index in [9.17, 15) is 14.4 Å². The summed E-state index contributed by atoms with van der Waals surface area (Å²) < 4.78 is 19.3. The van der Waals surface area contributed by atoms with Crippen LogP contribution in [0.3, 0.4) is 0 Å². The number of halogens is 2. The summed E-state index contributed by atoms with van der Waals surface area (Å²) in [6, 6.07) is 1.45. The minimum atomic E-state index is -0.782. The number of carbonyl (C=O) groups excluding carboxylic acids is 3. The number of hydrogen-bond donors (Lipinski definition) is 0. The molecule has 2 aliphatic rings. The van der Waals surface area contributed by atoms with Gasteiger partial charge in [0.05, 0.1) is 0 Å².